The number of rotatable bonds is 7. The van der Waals surface area contributed by atoms with E-state index < -0.39 is 16.8 Å². The molecule has 1 N–H and O–H groups in total. The molecular formula is C25H19N3O5S. The Bertz CT molecular complexity index is 1360. The van der Waals surface area contributed by atoms with E-state index in [1.807, 2.05) is 36.6 Å². The van der Waals surface area contributed by atoms with Gasteiger partial charge in [-0.25, -0.2) is 9.78 Å². The van der Waals surface area contributed by atoms with Gasteiger partial charge in [-0.1, -0.05) is 54.1 Å². The van der Waals surface area contributed by atoms with Crippen LogP contribution in [-0.2, 0) is 11.3 Å². The minimum Gasteiger partial charge on any atom is -0.457 e. The number of amides is 1. The van der Waals surface area contributed by atoms with Gasteiger partial charge in [-0.3, -0.25) is 20.2 Å². The number of anilines is 1. The van der Waals surface area contributed by atoms with Crippen LogP contribution in [-0.4, -0.2) is 21.8 Å². The van der Waals surface area contributed by atoms with Crippen molar-refractivity contribution in [3.8, 4) is 11.3 Å². The first-order valence-electron chi connectivity index (χ1n) is 10.2. The van der Waals surface area contributed by atoms with Crippen LogP contribution in [0.4, 0.5) is 10.8 Å². The first-order chi connectivity index (χ1) is 16.4. The van der Waals surface area contributed by atoms with Crippen molar-refractivity contribution >= 4 is 34.0 Å². The number of hydrogen-bond donors (Lipinski definition) is 1. The van der Waals surface area contributed by atoms with Crippen molar-refractivity contribution in [2.45, 2.75) is 13.5 Å². The molecule has 0 atom stereocenters. The molecule has 8 nitrogen and oxygen atoms in total. The molecule has 0 saturated carbocycles. The zero-order valence-corrected chi connectivity index (χ0v) is 18.9. The summed E-state index contributed by atoms with van der Waals surface area (Å²) in [6.45, 7) is 1.71. The Morgan fingerprint density at radius 3 is 2.41 bits per heavy atom. The van der Waals surface area contributed by atoms with Crippen molar-refractivity contribution in [1.82, 2.24) is 4.98 Å². The monoisotopic (exact) mass is 473 g/mol. The molecule has 0 spiro atoms. The summed E-state index contributed by atoms with van der Waals surface area (Å²) in [5.74, 6) is -1.27. The molecule has 0 saturated heterocycles. The van der Waals surface area contributed by atoms with Gasteiger partial charge < -0.3 is 4.74 Å². The van der Waals surface area contributed by atoms with Crippen LogP contribution in [0, 0.1) is 17.0 Å². The van der Waals surface area contributed by atoms with E-state index in [2.05, 4.69) is 10.3 Å². The van der Waals surface area contributed by atoms with E-state index >= 15 is 0 Å². The standard InChI is InChI=1S/C25H19N3O5S/c1-16-10-12-17(13-11-16)21-15-34-25(26-21)27-23(29)19-7-3-4-8-20(19)24(30)33-14-18-6-2-5-9-22(18)28(31)32/h2-13,15H,14H2,1H3,(H,26,27,29). The summed E-state index contributed by atoms with van der Waals surface area (Å²) in [6.07, 6.45) is 0. The smallest absolute Gasteiger partial charge is 0.339 e. The van der Waals surface area contributed by atoms with Gasteiger partial charge in [-0.2, -0.15) is 0 Å². The largest absolute Gasteiger partial charge is 0.457 e. The molecule has 0 aliphatic carbocycles. The second-order valence-electron chi connectivity index (χ2n) is 7.37. The number of hydrogen-bond acceptors (Lipinski definition) is 7. The number of carbonyl (C=O) groups is 2. The van der Waals surface area contributed by atoms with Crippen LogP contribution in [0.5, 0.6) is 0 Å². The summed E-state index contributed by atoms with van der Waals surface area (Å²) in [5, 5.41) is 16.1. The van der Waals surface area contributed by atoms with Crippen LogP contribution in [0.25, 0.3) is 11.3 Å². The molecule has 170 valence electrons. The maximum absolute atomic E-state index is 12.9. The molecule has 3 aromatic carbocycles. The molecule has 0 aliphatic rings. The van der Waals surface area contributed by atoms with Gasteiger partial charge in [0.15, 0.2) is 5.13 Å². The Balaban J connectivity index is 1.48. The Kier molecular flexibility index (Phi) is 6.74. The fraction of sp³-hybridized carbons (Fsp3) is 0.0800. The predicted octanol–water partition coefficient (Wildman–Crippen LogP) is 5.64. The fourth-order valence-corrected chi connectivity index (χ4v) is 3.96. The molecule has 4 aromatic rings. The lowest BCUT2D eigenvalue weighted by atomic mass is 10.1. The lowest BCUT2D eigenvalue weighted by Crippen LogP contribution is -2.17. The van der Waals surface area contributed by atoms with E-state index in [4.69, 9.17) is 4.74 Å². The van der Waals surface area contributed by atoms with Crippen molar-refractivity contribution in [1.29, 1.82) is 0 Å². The second-order valence-corrected chi connectivity index (χ2v) is 8.22. The molecule has 0 bridgehead atoms. The van der Waals surface area contributed by atoms with Gasteiger partial charge in [-0.15, -0.1) is 11.3 Å². The van der Waals surface area contributed by atoms with E-state index in [-0.39, 0.29) is 29.0 Å². The number of nitro groups is 1. The third-order valence-electron chi connectivity index (χ3n) is 5.01. The molecule has 0 fully saturated rings. The van der Waals surface area contributed by atoms with Gasteiger partial charge in [0.1, 0.15) is 6.61 Å². The number of aryl methyl sites for hydroxylation is 1. The van der Waals surface area contributed by atoms with E-state index in [1.165, 1.54) is 41.7 Å². The first-order valence-corrected chi connectivity index (χ1v) is 11.1. The Hall–Kier alpha value is -4.37. The number of para-hydroxylation sites is 1. The molecule has 1 aromatic heterocycles. The van der Waals surface area contributed by atoms with Crippen LogP contribution < -0.4 is 5.32 Å². The molecule has 4 rings (SSSR count). The lowest BCUT2D eigenvalue weighted by molar-refractivity contribution is -0.385. The van der Waals surface area contributed by atoms with Crippen molar-refractivity contribution in [3.63, 3.8) is 0 Å². The van der Waals surface area contributed by atoms with E-state index in [0.717, 1.165) is 16.8 Å². The van der Waals surface area contributed by atoms with Crippen molar-refractivity contribution in [3.05, 3.63) is 111 Å². The quantitative estimate of drug-likeness (QED) is 0.211. The molecule has 1 heterocycles. The van der Waals surface area contributed by atoms with E-state index in [0.29, 0.717) is 5.13 Å². The highest BCUT2D eigenvalue weighted by Gasteiger charge is 2.20. The first kappa shape index (κ1) is 22.8. The Labute approximate surface area is 199 Å². The van der Waals surface area contributed by atoms with Crippen molar-refractivity contribution in [2.75, 3.05) is 5.32 Å². The molecule has 0 aliphatic heterocycles. The minimum absolute atomic E-state index is 0.0499. The Morgan fingerprint density at radius 2 is 1.68 bits per heavy atom. The highest BCUT2D eigenvalue weighted by atomic mass is 32.1. The SMILES string of the molecule is Cc1ccc(-c2csc(NC(=O)c3ccccc3C(=O)OCc3ccccc3[N+](=O)[O-])n2)cc1. The van der Waals surface area contributed by atoms with Gasteiger partial charge in [0, 0.05) is 17.0 Å². The molecular weight excluding hydrogens is 454 g/mol. The van der Waals surface area contributed by atoms with Gasteiger partial charge in [0.2, 0.25) is 0 Å². The summed E-state index contributed by atoms with van der Waals surface area (Å²) >= 11 is 1.27. The normalized spacial score (nSPS) is 10.5. The molecule has 1 amide bonds. The summed E-state index contributed by atoms with van der Waals surface area (Å²) in [6, 6.07) is 20.1. The average molecular weight is 474 g/mol. The molecule has 0 unspecified atom stereocenters. The van der Waals surface area contributed by atoms with E-state index in [9.17, 15) is 19.7 Å². The summed E-state index contributed by atoms with van der Waals surface area (Å²) in [7, 11) is 0. The number of ether oxygens (including phenoxy) is 1. The number of thiazole rings is 1. The topological polar surface area (TPSA) is 111 Å². The third kappa shape index (κ3) is 5.16. The maximum Gasteiger partial charge on any atom is 0.339 e. The highest BCUT2D eigenvalue weighted by molar-refractivity contribution is 7.14. The zero-order chi connectivity index (χ0) is 24.1. The van der Waals surface area contributed by atoms with Gasteiger partial charge in [0.25, 0.3) is 11.6 Å². The lowest BCUT2D eigenvalue weighted by Gasteiger charge is -2.09. The number of carbonyl (C=O) groups excluding carboxylic acids is 2. The Morgan fingerprint density at radius 1 is 1.00 bits per heavy atom. The van der Waals surface area contributed by atoms with Gasteiger partial charge in [-0.05, 0) is 25.1 Å². The zero-order valence-electron chi connectivity index (χ0n) is 18.1. The highest BCUT2D eigenvalue weighted by Crippen LogP contribution is 2.26. The summed E-state index contributed by atoms with van der Waals surface area (Å²) < 4.78 is 5.28. The summed E-state index contributed by atoms with van der Waals surface area (Å²) in [5.41, 5.74) is 3.08. The van der Waals surface area contributed by atoms with Crippen LogP contribution in [0.15, 0.2) is 78.2 Å². The van der Waals surface area contributed by atoms with Gasteiger partial charge >= 0.3 is 5.97 Å². The number of nitrogens with one attached hydrogen (secondary N) is 1. The van der Waals surface area contributed by atoms with Crippen LogP contribution >= 0.6 is 11.3 Å². The number of benzene rings is 3. The van der Waals surface area contributed by atoms with Crippen LogP contribution in [0.2, 0.25) is 0 Å². The van der Waals surface area contributed by atoms with E-state index in [1.54, 1.807) is 18.2 Å². The van der Waals surface area contributed by atoms with Crippen LogP contribution in [0.3, 0.4) is 0 Å². The third-order valence-corrected chi connectivity index (χ3v) is 5.77. The number of nitro benzene ring substituents is 1. The summed E-state index contributed by atoms with van der Waals surface area (Å²) in [4.78, 5) is 40.7. The molecule has 0 radical (unpaired) electrons. The predicted molar refractivity (Wildman–Crippen MR) is 129 cm³/mol. The van der Waals surface area contributed by atoms with Crippen molar-refractivity contribution in [2.24, 2.45) is 0 Å². The van der Waals surface area contributed by atoms with Crippen LogP contribution in [0.1, 0.15) is 31.8 Å². The minimum atomic E-state index is -0.761. The number of nitrogens with zero attached hydrogens (tertiary/aromatic N) is 2. The number of aromatic nitrogens is 1. The second kappa shape index (κ2) is 10.1. The van der Waals surface area contributed by atoms with Crippen molar-refractivity contribution < 1.29 is 19.2 Å². The molecule has 34 heavy (non-hydrogen) atoms. The van der Waals surface area contributed by atoms with Gasteiger partial charge in [0.05, 0.1) is 27.3 Å². The maximum atomic E-state index is 12.9. The average Bonchev–Trinajstić information content (AvgIpc) is 3.31. The molecule has 9 heteroatoms. The number of esters is 1. The fourth-order valence-electron chi connectivity index (χ4n) is 3.24.